The van der Waals surface area contributed by atoms with E-state index in [4.69, 9.17) is 4.99 Å². The quantitative estimate of drug-likeness (QED) is 0.340. The third-order valence-corrected chi connectivity index (χ3v) is 6.91. The molecule has 0 bridgehead atoms. The lowest BCUT2D eigenvalue weighted by molar-refractivity contribution is 0.0964. The van der Waals surface area contributed by atoms with Crippen LogP contribution in [-0.2, 0) is 0 Å². The summed E-state index contributed by atoms with van der Waals surface area (Å²) in [5, 5.41) is 6.22. The van der Waals surface area contributed by atoms with Crippen molar-refractivity contribution in [3.05, 3.63) is 59.3 Å². The minimum Gasteiger partial charge on any atom is -0.355 e. The summed E-state index contributed by atoms with van der Waals surface area (Å²) >= 11 is 0. The first-order valence-electron chi connectivity index (χ1n) is 12.7. The van der Waals surface area contributed by atoms with E-state index >= 15 is 0 Å². The molecule has 1 fully saturated rings. The highest BCUT2D eigenvalue weighted by Gasteiger charge is 2.27. The van der Waals surface area contributed by atoms with Crippen LogP contribution in [0.2, 0.25) is 0 Å². The molecule has 0 aliphatic heterocycles. The fourth-order valence-electron chi connectivity index (χ4n) is 4.54. The number of hydrogen-bond acceptors (Lipinski definition) is 4. The van der Waals surface area contributed by atoms with E-state index in [-0.39, 0.29) is 5.91 Å². The predicted molar refractivity (Wildman–Crippen MR) is 144 cm³/mol. The van der Waals surface area contributed by atoms with Crippen molar-refractivity contribution in [3.8, 4) is 0 Å². The number of aliphatic imine (C=N–C) groups is 1. The van der Waals surface area contributed by atoms with Crippen LogP contribution in [0, 0.1) is 11.8 Å². The van der Waals surface area contributed by atoms with Gasteiger partial charge in [0.1, 0.15) is 0 Å². The minimum absolute atomic E-state index is 0.109. The van der Waals surface area contributed by atoms with Crippen molar-refractivity contribution in [2.24, 2.45) is 16.8 Å². The van der Waals surface area contributed by atoms with Crippen LogP contribution in [0.15, 0.2) is 53.2 Å². The van der Waals surface area contributed by atoms with Crippen LogP contribution in [0.1, 0.15) is 88.6 Å². The Labute approximate surface area is 205 Å². The molecule has 2 atom stereocenters. The molecule has 3 rings (SSSR count). The zero-order chi connectivity index (χ0) is 24.7. The molecule has 5 nitrogen and oxygen atoms in total. The molecule has 1 saturated carbocycles. The van der Waals surface area contributed by atoms with Gasteiger partial charge in [0, 0.05) is 30.7 Å². The van der Waals surface area contributed by atoms with Crippen molar-refractivity contribution in [1.82, 2.24) is 10.3 Å². The van der Waals surface area contributed by atoms with Crippen molar-refractivity contribution >= 4 is 28.8 Å². The van der Waals surface area contributed by atoms with Crippen LogP contribution >= 0.6 is 0 Å². The lowest BCUT2D eigenvalue weighted by atomic mass is 9.84. The normalized spacial score (nSPS) is 16.2. The lowest BCUT2D eigenvalue weighted by Crippen LogP contribution is -2.19. The van der Waals surface area contributed by atoms with Crippen molar-refractivity contribution in [1.29, 1.82) is 0 Å². The Kier molecular flexibility index (Phi) is 9.03. The Morgan fingerprint density at radius 2 is 1.91 bits per heavy atom. The topological polar surface area (TPSA) is 66.4 Å². The lowest BCUT2D eigenvalue weighted by Gasteiger charge is -2.21. The van der Waals surface area contributed by atoms with Crippen LogP contribution < -0.4 is 10.6 Å². The zero-order valence-corrected chi connectivity index (χ0v) is 21.6. The molecule has 0 spiro atoms. The van der Waals surface area contributed by atoms with Gasteiger partial charge in [-0.05, 0) is 74.6 Å². The van der Waals surface area contributed by atoms with Gasteiger partial charge >= 0.3 is 0 Å². The van der Waals surface area contributed by atoms with E-state index < -0.39 is 0 Å². The van der Waals surface area contributed by atoms with Crippen LogP contribution in [0.3, 0.4) is 0 Å². The van der Waals surface area contributed by atoms with Crippen molar-refractivity contribution in [2.45, 2.75) is 72.6 Å². The van der Waals surface area contributed by atoms with Gasteiger partial charge in [-0.3, -0.25) is 4.79 Å². The highest BCUT2D eigenvalue weighted by molar-refractivity contribution is 6.00. The molecule has 2 aromatic rings. The van der Waals surface area contributed by atoms with Gasteiger partial charge < -0.3 is 10.6 Å². The molecule has 1 aromatic heterocycles. The standard InChI is InChI=1S/C29H40N4O/c1-7-20(4)22(8-2)16-19(3)15-21(5)32-28-17-27(25(18-31-28)23-13-14-23)33-26-12-10-9-11-24(26)29(34)30-6/h9-12,15,17-18,20,22-23H,7-8,13-14,16H2,1-6H3,(H,30,34)(H,31,33)/b19-15-,32-21?. The number of amides is 1. The highest BCUT2D eigenvalue weighted by Crippen LogP contribution is 2.44. The molecule has 1 aliphatic carbocycles. The van der Waals surface area contributed by atoms with Gasteiger partial charge in [0.05, 0.1) is 11.3 Å². The second-order valence-corrected chi connectivity index (χ2v) is 9.66. The molecule has 2 unspecified atom stereocenters. The monoisotopic (exact) mass is 460 g/mol. The van der Waals surface area contributed by atoms with Gasteiger partial charge in [0.2, 0.25) is 0 Å². The fourth-order valence-corrected chi connectivity index (χ4v) is 4.54. The number of pyridine rings is 1. The molecule has 5 heteroatoms. The Hall–Kier alpha value is -2.95. The van der Waals surface area contributed by atoms with E-state index in [1.807, 2.05) is 43.5 Å². The maximum Gasteiger partial charge on any atom is 0.253 e. The van der Waals surface area contributed by atoms with Crippen molar-refractivity contribution in [3.63, 3.8) is 0 Å². The number of nitrogens with one attached hydrogen (secondary N) is 2. The third-order valence-electron chi connectivity index (χ3n) is 6.91. The maximum atomic E-state index is 12.3. The molecule has 2 N–H and O–H groups in total. The number of hydrogen-bond donors (Lipinski definition) is 2. The molecular weight excluding hydrogens is 420 g/mol. The van der Waals surface area contributed by atoms with Crippen LogP contribution in [0.5, 0.6) is 0 Å². The first-order chi connectivity index (χ1) is 16.4. The SMILES string of the molecule is CCC(C)C(CC)C/C(C)=C\C(C)=Nc1cc(Nc2ccccc2C(=O)NC)c(C2CC2)cn1. The summed E-state index contributed by atoms with van der Waals surface area (Å²) in [5.41, 5.74) is 5.89. The molecule has 1 heterocycles. The average Bonchev–Trinajstić information content (AvgIpc) is 3.67. The Morgan fingerprint density at radius 3 is 2.56 bits per heavy atom. The third kappa shape index (κ3) is 6.78. The molecular formula is C29H40N4O. The number of benzene rings is 1. The van der Waals surface area contributed by atoms with Gasteiger partial charge in [-0.1, -0.05) is 51.3 Å². The smallest absolute Gasteiger partial charge is 0.253 e. The van der Waals surface area contributed by atoms with E-state index in [0.717, 1.165) is 29.4 Å². The second kappa shape index (κ2) is 12.0. The van der Waals surface area contributed by atoms with Gasteiger partial charge in [-0.2, -0.15) is 0 Å². The summed E-state index contributed by atoms with van der Waals surface area (Å²) in [5.74, 6) is 2.53. The highest BCUT2D eigenvalue weighted by atomic mass is 16.1. The van der Waals surface area contributed by atoms with E-state index in [1.54, 1.807) is 7.05 Å². The number of rotatable bonds is 11. The van der Waals surface area contributed by atoms with Crippen LogP contribution in [-0.4, -0.2) is 23.7 Å². The Bertz CT molecular complexity index is 1050. The second-order valence-electron chi connectivity index (χ2n) is 9.66. The van der Waals surface area contributed by atoms with E-state index in [9.17, 15) is 4.79 Å². The minimum atomic E-state index is -0.109. The number of aromatic nitrogens is 1. The summed E-state index contributed by atoms with van der Waals surface area (Å²) in [6, 6.07) is 9.59. The average molecular weight is 461 g/mol. The number of carbonyl (C=O) groups excluding carboxylic acids is 1. The largest absolute Gasteiger partial charge is 0.355 e. The van der Waals surface area contributed by atoms with E-state index in [2.05, 4.69) is 49.4 Å². The number of nitrogens with zero attached hydrogens (tertiary/aromatic N) is 2. The first-order valence-corrected chi connectivity index (χ1v) is 12.7. The maximum absolute atomic E-state index is 12.3. The zero-order valence-electron chi connectivity index (χ0n) is 21.6. The predicted octanol–water partition coefficient (Wildman–Crippen LogP) is 7.56. The van der Waals surface area contributed by atoms with Crippen molar-refractivity contribution < 1.29 is 4.79 Å². The number of para-hydroxylation sites is 1. The molecule has 34 heavy (non-hydrogen) atoms. The molecule has 0 radical (unpaired) electrons. The Balaban J connectivity index is 1.85. The Morgan fingerprint density at radius 1 is 1.18 bits per heavy atom. The van der Waals surface area contributed by atoms with Gasteiger partial charge in [0.25, 0.3) is 5.91 Å². The summed E-state index contributed by atoms with van der Waals surface area (Å²) < 4.78 is 0. The van der Waals surface area contributed by atoms with E-state index in [1.165, 1.54) is 36.8 Å². The summed E-state index contributed by atoms with van der Waals surface area (Å²) in [6.07, 6.45) is 10.0. The van der Waals surface area contributed by atoms with Crippen molar-refractivity contribution in [2.75, 3.05) is 12.4 Å². The van der Waals surface area contributed by atoms with E-state index in [0.29, 0.717) is 23.2 Å². The van der Waals surface area contributed by atoms with Crippen LogP contribution in [0.4, 0.5) is 17.2 Å². The fraction of sp³-hybridized carbons (Fsp3) is 0.483. The van der Waals surface area contributed by atoms with Gasteiger partial charge in [-0.15, -0.1) is 0 Å². The molecule has 1 amide bonds. The number of carbonyl (C=O) groups is 1. The molecule has 182 valence electrons. The molecule has 1 aliphatic rings. The summed E-state index contributed by atoms with van der Waals surface area (Å²) in [4.78, 5) is 21.8. The number of allylic oxidation sites excluding steroid dienone is 2. The van der Waals surface area contributed by atoms with Gasteiger partial charge in [-0.25, -0.2) is 9.98 Å². The summed E-state index contributed by atoms with van der Waals surface area (Å²) in [6.45, 7) is 11.2. The van der Waals surface area contributed by atoms with Crippen LogP contribution in [0.25, 0.3) is 0 Å². The number of anilines is 2. The molecule has 1 aromatic carbocycles. The molecule has 0 saturated heterocycles. The first kappa shape index (κ1) is 25.7. The van der Waals surface area contributed by atoms with Gasteiger partial charge in [0.15, 0.2) is 5.82 Å². The summed E-state index contributed by atoms with van der Waals surface area (Å²) in [7, 11) is 1.65.